The Hall–Kier alpha value is -2.57. The summed E-state index contributed by atoms with van der Waals surface area (Å²) in [6, 6.07) is 7.62. The third-order valence-electron chi connectivity index (χ3n) is 3.51. The van der Waals surface area contributed by atoms with E-state index in [-0.39, 0.29) is 6.09 Å². The minimum atomic E-state index is -0.527. The molecule has 21 heavy (non-hydrogen) atoms. The minimum absolute atomic E-state index is 0.321. The van der Waals surface area contributed by atoms with Gasteiger partial charge < -0.3 is 9.64 Å². The van der Waals surface area contributed by atoms with E-state index in [4.69, 9.17) is 9.26 Å². The molecule has 0 bridgehead atoms. The first-order valence-electron chi connectivity index (χ1n) is 6.71. The average Bonchev–Trinajstić information content (AvgIpc) is 3.04. The highest BCUT2D eigenvalue weighted by Crippen LogP contribution is 2.20. The summed E-state index contributed by atoms with van der Waals surface area (Å²) in [4.78, 5) is 24.8. The third-order valence-corrected chi connectivity index (χ3v) is 3.51. The average molecular weight is 289 g/mol. The minimum Gasteiger partial charge on any atom is -0.448 e. The number of nitrogens with zero attached hydrogens (tertiary/aromatic N) is 3. The van der Waals surface area contributed by atoms with Crippen molar-refractivity contribution in [1.82, 2.24) is 14.6 Å². The van der Waals surface area contributed by atoms with Crippen molar-refractivity contribution < 1.29 is 14.1 Å². The van der Waals surface area contributed by atoms with Crippen LogP contribution >= 0.6 is 0 Å². The van der Waals surface area contributed by atoms with Crippen molar-refractivity contribution in [3.63, 3.8) is 0 Å². The smallest absolute Gasteiger partial charge is 0.441 e. The van der Waals surface area contributed by atoms with Gasteiger partial charge in [-0.25, -0.2) is 9.59 Å². The lowest BCUT2D eigenvalue weighted by molar-refractivity contribution is 0.157. The van der Waals surface area contributed by atoms with Gasteiger partial charge in [-0.2, -0.15) is 0 Å². The number of carbonyl (C=O) groups excluding carboxylic acids is 1. The van der Waals surface area contributed by atoms with Crippen molar-refractivity contribution in [3.05, 3.63) is 40.4 Å². The zero-order valence-corrected chi connectivity index (χ0v) is 11.6. The molecular weight excluding hydrogens is 274 g/mol. The Morgan fingerprint density at radius 3 is 2.76 bits per heavy atom. The molecule has 0 radical (unpaired) electrons. The van der Waals surface area contributed by atoms with Crippen LogP contribution in [0, 0.1) is 6.92 Å². The number of benzene rings is 1. The summed E-state index contributed by atoms with van der Waals surface area (Å²) in [7, 11) is 0. The lowest BCUT2D eigenvalue weighted by Crippen LogP contribution is -2.30. The molecular formula is C14H15N3O4. The van der Waals surface area contributed by atoms with Crippen LogP contribution in [0.25, 0.3) is 11.4 Å². The Morgan fingerprint density at radius 2 is 2.05 bits per heavy atom. The van der Waals surface area contributed by atoms with Gasteiger partial charge in [0.15, 0.2) is 5.82 Å². The van der Waals surface area contributed by atoms with E-state index in [1.54, 1.807) is 4.90 Å². The van der Waals surface area contributed by atoms with Crippen LogP contribution in [-0.2, 0) is 11.3 Å². The first-order valence-corrected chi connectivity index (χ1v) is 6.71. The molecule has 1 amide bonds. The molecule has 0 saturated carbocycles. The molecule has 0 aliphatic carbocycles. The van der Waals surface area contributed by atoms with Crippen molar-refractivity contribution in [2.24, 2.45) is 0 Å². The third kappa shape index (κ3) is 2.54. The zero-order chi connectivity index (χ0) is 14.8. The SMILES string of the molecule is Cc1ccccc1-c1noc(=O)n1CCN1CCOC1=O. The number of hydrogen-bond acceptors (Lipinski definition) is 5. The topological polar surface area (TPSA) is 77.6 Å². The Bertz CT molecular complexity index is 719. The van der Waals surface area contributed by atoms with Gasteiger partial charge in [0.2, 0.25) is 0 Å². The second-order valence-corrected chi connectivity index (χ2v) is 4.84. The number of aromatic nitrogens is 2. The standard InChI is InChI=1S/C14H15N3O4/c1-10-4-2-3-5-11(10)12-15-21-14(19)17(12)7-6-16-8-9-20-13(16)18/h2-5H,6-9H2,1H3. The van der Waals surface area contributed by atoms with Gasteiger partial charge in [-0.3, -0.25) is 9.09 Å². The molecule has 1 aromatic heterocycles. The fourth-order valence-electron chi connectivity index (χ4n) is 2.33. The van der Waals surface area contributed by atoms with Crippen LogP contribution in [0.4, 0.5) is 4.79 Å². The van der Waals surface area contributed by atoms with Gasteiger partial charge in [-0.1, -0.05) is 29.4 Å². The van der Waals surface area contributed by atoms with Crippen molar-refractivity contribution in [2.75, 3.05) is 19.7 Å². The molecule has 1 aliphatic rings. The molecule has 1 fully saturated rings. The van der Waals surface area contributed by atoms with E-state index in [1.165, 1.54) is 4.57 Å². The second kappa shape index (κ2) is 5.43. The number of ether oxygens (including phenoxy) is 1. The van der Waals surface area contributed by atoms with Gasteiger partial charge >= 0.3 is 11.8 Å². The molecule has 7 heteroatoms. The summed E-state index contributed by atoms with van der Waals surface area (Å²) in [6.45, 7) is 3.58. The second-order valence-electron chi connectivity index (χ2n) is 4.84. The van der Waals surface area contributed by atoms with Gasteiger partial charge in [0.1, 0.15) is 6.61 Å². The van der Waals surface area contributed by atoms with Crippen molar-refractivity contribution >= 4 is 6.09 Å². The number of amides is 1. The summed E-state index contributed by atoms with van der Waals surface area (Å²) < 4.78 is 11.1. The van der Waals surface area contributed by atoms with Crippen LogP contribution in [0.2, 0.25) is 0 Å². The highest BCUT2D eigenvalue weighted by atomic mass is 16.6. The van der Waals surface area contributed by atoms with E-state index in [0.29, 0.717) is 32.1 Å². The van der Waals surface area contributed by atoms with Crippen LogP contribution in [0.15, 0.2) is 33.6 Å². The Balaban J connectivity index is 1.86. The van der Waals surface area contributed by atoms with E-state index in [1.807, 2.05) is 31.2 Å². The summed E-state index contributed by atoms with van der Waals surface area (Å²) in [5.74, 6) is -0.0496. The predicted molar refractivity (Wildman–Crippen MR) is 73.9 cm³/mol. The van der Waals surface area contributed by atoms with Gasteiger partial charge in [-0.15, -0.1) is 0 Å². The summed E-state index contributed by atoms with van der Waals surface area (Å²) >= 11 is 0. The van der Waals surface area contributed by atoms with Crippen LogP contribution in [-0.4, -0.2) is 40.4 Å². The number of rotatable bonds is 4. The van der Waals surface area contributed by atoms with E-state index >= 15 is 0 Å². The monoisotopic (exact) mass is 289 g/mol. The first-order chi connectivity index (χ1) is 10.2. The highest BCUT2D eigenvalue weighted by molar-refractivity contribution is 5.69. The van der Waals surface area contributed by atoms with E-state index in [2.05, 4.69) is 5.16 Å². The summed E-state index contributed by atoms with van der Waals surface area (Å²) in [5.41, 5.74) is 1.84. The number of cyclic esters (lactones) is 1. The Morgan fingerprint density at radius 1 is 1.24 bits per heavy atom. The van der Waals surface area contributed by atoms with Gasteiger partial charge in [0, 0.05) is 18.7 Å². The first kappa shape index (κ1) is 13.4. The molecule has 7 nitrogen and oxygen atoms in total. The fraction of sp³-hybridized carbons (Fsp3) is 0.357. The predicted octanol–water partition coefficient (Wildman–Crippen LogP) is 1.26. The Kier molecular flexibility index (Phi) is 3.47. The molecule has 0 spiro atoms. The molecule has 1 saturated heterocycles. The lowest BCUT2D eigenvalue weighted by Gasteiger charge is -2.13. The maximum atomic E-state index is 11.8. The highest BCUT2D eigenvalue weighted by Gasteiger charge is 2.23. The number of carbonyl (C=O) groups is 1. The van der Waals surface area contributed by atoms with Crippen LogP contribution in [0.3, 0.4) is 0 Å². The van der Waals surface area contributed by atoms with Gasteiger partial charge in [-0.05, 0) is 12.5 Å². The Labute approximate surface area is 120 Å². The number of aryl methyl sites for hydroxylation is 1. The van der Waals surface area contributed by atoms with Crippen molar-refractivity contribution in [2.45, 2.75) is 13.5 Å². The molecule has 0 atom stereocenters. The molecule has 2 aromatic rings. The van der Waals surface area contributed by atoms with Crippen molar-refractivity contribution in [1.29, 1.82) is 0 Å². The lowest BCUT2D eigenvalue weighted by atomic mass is 10.1. The van der Waals surface area contributed by atoms with Gasteiger partial charge in [0.05, 0.1) is 6.54 Å². The van der Waals surface area contributed by atoms with E-state index < -0.39 is 5.76 Å². The molecule has 110 valence electrons. The zero-order valence-electron chi connectivity index (χ0n) is 11.6. The molecule has 0 N–H and O–H groups in total. The van der Waals surface area contributed by atoms with Crippen molar-refractivity contribution in [3.8, 4) is 11.4 Å². The van der Waals surface area contributed by atoms with Gasteiger partial charge in [0.25, 0.3) is 0 Å². The maximum Gasteiger partial charge on any atom is 0.441 e. The largest absolute Gasteiger partial charge is 0.448 e. The van der Waals surface area contributed by atoms with Crippen LogP contribution in [0.5, 0.6) is 0 Å². The normalized spacial score (nSPS) is 14.5. The molecule has 0 unspecified atom stereocenters. The summed E-state index contributed by atoms with van der Waals surface area (Å²) in [5, 5.41) is 3.85. The van der Waals surface area contributed by atoms with Crippen LogP contribution in [0.1, 0.15) is 5.56 Å². The summed E-state index contributed by atoms with van der Waals surface area (Å²) in [6.07, 6.45) is -0.350. The van der Waals surface area contributed by atoms with E-state index in [0.717, 1.165) is 11.1 Å². The number of hydrogen-bond donors (Lipinski definition) is 0. The quantitative estimate of drug-likeness (QED) is 0.847. The molecule has 1 aliphatic heterocycles. The molecule has 1 aromatic carbocycles. The fourth-order valence-corrected chi connectivity index (χ4v) is 2.33. The maximum absolute atomic E-state index is 11.8. The van der Waals surface area contributed by atoms with E-state index in [9.17, 15) is 9.59 Å². The molecule has 2 heterocycles. The van der Waals surface area contributed by atoms with Crippen LogP contribution < -0.4 is 5.76 Å². The molecule has 3 rings (SSSR count).